The van der Waals surface area contributed by atoms with Gasteiger partial charge in [0.2, 0.25) is 0 Å². The lowest BCUT2D eigenvalue weighted by molar-refractivity contribution is -0.137. The lowest BCUT2D eigenvalue weighted by atomic mass is 9.74. The Morgan fingerprint density at radius 2 is 1.81 bits per heavy atom. The zero-order valence-corrected chi connectivity index (χ0v) is 22.7. The summed E-state index contributed by atoms with van der Waals surface area (Å²) in [6, 6.07) is 5.40. The highest BCUT2D eigenvalue weighted by Crippen LogP contribution is 2.37. The zero-order valence-electron chi connectivity index (χ0n) is 21.2. The van der Waals surface area contributed by atoms with Gasteiger partial charge in [0.15, 0.2) is 0 Å². The number of benzene rings is 2. The van der Waals surface area contributed by atoms with Crippen molar-refractivity contribution in [3.8, 4) is 0 Å². The highest BCUT2D eigenvalue weighted by Gasteiger charge is 2.34. The van der Waals surface area contributed by atoms with Crippen molar-refractivity contribution in [1.29, 1.82) is 0 Å². The Morgan fingerprint density at radius 3 is 2.41 bits per heavy atom. The molecule has 0 bridgehead atoms. The standard InChI is InChI=1S/C27H30Cl2F3N3O2/c1-15-11-17(27(30,31)32)12-21-24(15)33-22(34(21)4)13-19-20(28)6-5-18(23(19)29)25(37)35-9-7-16(8-10-35)26(2,3)14-36/h5-6,11-12,16,36H,7-10,13-14H2,1-4H3. The van der Waals surface area contributed by atoms with Crippen molar-refractivity contribution in [2.45, 2.75) is 46.2 Å². The van der Waals surface area contributed by atoms with E-state index in [1.165, 1.54) is 0 Å². The minimum absolute atomic E-state index is 0.0945. The molecule has 1 N–H and O–H groups in total. The molecule has 0 unspecified atom stereocenters. The van der Waals surface area contributed by atoms with E-state index in [-0.39, 0.29) is 29.4 Å². The number of aromatic nitrogens is 2. The van der Waals surface area contributed by atoms with Crippen LogP contribution in [0.3, 0.4) is 0 Å². The number of aliphatic hydroxyl groups is 1. The lowest BCUT2D eigenvalue weighted by Gasteiger charge is -2.39. The molecule has 200 valence electrons. The Kier molecular flexibility index (Phi) is 7.58. The third-order valence-corrected chi connectivity index (χ3v) is 8.43. The Morgan fingerprint density at radius 1 is 1.16 bits per heavy atom. The molecular weight excluding hydrogens is 526 g/mol. The highest BCUT2D eigenvalue weighted by atomic mass is 35.5. The van der Waals surface area contributed by atoms with Crippen molar-refractivity contribution in [3.63, 3.8) is 0 Å². The van der Waals surface area contributed by atoms with Crippen LogP contribution in [0.4, 0.5) is 13.2 Å². The summed E-state index contributed by atoms with van der Waals surface area (Å²) in [5.74, 6) is 0.605. The van der Waals surface area contributed by atoms with Crippen LogP contribution < -0.4 is 0 Å². The molecule has 0 saturated carbocycles. The van der Waals surface area contributed by atoms with Gasteiger partial charge in [0.1, 0.15) is 5.82 Å². The number of nitrogens with zero attached hydrogens (tertiary/aromatic N) is 3. The lowest BCUT2D eigenvalue weighted by Crippen LogP contribution is -2.43. The van der Waals surface area contributed by atoms with Gasteiger partial charge in [-0.1, -0.05) is 37.0 Å². The summed E-state index contributed by atoms with van der Waals surface area (Å²) in [4.78, 5) is 19.7. The number of carbonyl (C=O) groups excluding carboxylic acids is 1. The second kappa shape index (κ2) is 10.1. The number of aliphatic hydroxyl groups excluding tert-OH is 1. The van der Waals surface area contributed by atoms with Gasteiger partial charge >= 0.3 is 6.18 Å². The predicted octanol–water partition coefficient (Wildman–Crippen LogP) is 6.67. The third kappa shape index (κ3) is 5.33. The van der Waals surface area contributed by atoms with Crippen LogP contribution in [0, 0.1) is 18.3 Å². The fourth-order valence-electron chi connectivity index (χ4n) is 5.07. The second-order valence-electron chi connectivity index (χ2n) is 10.5. The Hall–Kier alpha value is -2.29. The first-order valence-corrected chi connectivity index (χ1v) is 12.9. The van der Waals surface area contributed by atoms with E-state index in [4.69, 9.17) is 23.2 Å². The number of halogens is 5. The van der Waals surface area contributed by atoms with Gasteiger partial charge in [-0.05, 0) is 66.5 Å². The first kappa shape index (κ1) is 27.7. The average molecular weight is 556 g/mol. The molecule has 2 aromatic carbocycles. The number of aryl methyl sites for hydroxylation is 2. The van der Waals surface area contributed by atoms with Gasteiger partial charge in [-0.2, -0.15) is 13.2 Å². The van der Waals surface area contributed by atoms with Crippen LogP contribution >= 0.6 is 23.2 Å². The third-order valence-electron chi connectivity index (χ3n) is 7.64. The van der Waals surface area contributed by atoms with Crippen molar-refractivity contribution in [2.24, 2.45) is 18.4 Å². The number of imidazole rings is 1. The molecule has 4 rings (SSSR count). The van der Waals surface area contributed by atoms with E-state index >= 15 is 0 Å². The number of alkyl halides is 3. The molecule has 10 heteroatoms. The van der Waals surface area contributed by atoms with Crippen LogP contribution in [0.2, 0.25) is 10.0 Å². The molecule has 0 spiro atoms. The minimum atomic E-state index is -4.47. The monoisotopic (exact) mass is 555 g/mol. The van der Waals surface area contributed by atoms with Crippen molar-refractivity contribution in [3.05, 3.63) is 62.4 Å². The number of piperidine rings is 1. The van der Waals surface area contributed by atoms with E-state index < -0.39 is 11.7 Å². The summed E-state index contributed by atoms with van der Waals surface area (Å²) < 4.78 is 41.6. The van der Waals surface area contributed by atoms with Crippen LogP contribution in [-0.4, -0.2) is 45.2 Å². The molecule has 1 aliphatic heterocycles. The molecule has 1 amide bonds. The van der Waals surface area contributed by atoms with Gasteiger partial charge in [-0.25, -0.2) is 4.98 Å². The molecule has 0 aliphatic carbocycles. The van der Waals surface area contributed by atoms with Crippen molar-refractivity contribution >= 4 is 40.1 Å². The quantitative estimate of drug-likeness (QED) is 0.382. The molecule has 1 aliphatic rings. The Bertz CT molecular complexity index is 1340. The predicted molar refractivity (Wildman–Crippen MR) is 139 cm³/mol. The van der Waals surface area contributed by atoms with E-state index in [1.54, 1.807) is 35.6 Å². The van der Waals surface area contributed by atoms with Gasteiger partial charge in [0, 0.05) is 38.2 Å². The number of fused-ring (bicyclic) bond motifs is 1. The smallest absolute Gasteiger partial charge is 0.396 e. The molecule has 1 aromatic heterocycles. The molecule has 37 heavy (non-hydrogen) atoms. The number of rotatable bonds is 5. The second-order valence-corrected chi connectivity index (χ2v) is 11.3. The first-order valence-electron chi connectivity index (χ1n) is 12.1. The van der Waals surface area contributed by atoms with Crippen molar-refractivity contribution in [2.75, 3.05) is 19.7 Å². The molecule has 1 fully saturated rings. The van der Waals surface area contributed by atoms with Crippen LogP contribution in [-0.2, 0) is 19.6 Å². The van der Waals surface area contributed by atoms with Gasteiger partial charge in [0.25, 0.3) is 5.91 Å². The van der Waals surface area contributed by atoms with E-state index in [1.807, 2.05) is 13.8 Å². The summed E-state index contributed by atoms with van der Waals surface area (Å²) in [5, 5.41) is 10.2. The van der Waals surface area contributed by atoms with Crippen molar-refractivity contribution in [1.82, 2.24) is 14.5 Å². The number of amides is 1. The fraction of sp³-hybridized carbons (Fsp3) is 0.481. The van der Waals surface area contributed by atoms with Crippen LogP contribution in [0.15, 0.2) is 24.3 Å². The van der Waals surface area contributed by atoms with Gasteiger partial charge in [0.05, 0.1) is 27.2 Å². The summed E-state index contributed by atoms with van der Waals surface area (Å²) in [5.41, 5.74) is 1.13. The van der Waals surface area contributed by atoms with Gasteiger partial charge in [-0.15, -0.1) is 0 Å². The maximum absolute atomic E-state index is 13.4. The van der Waals surface area contributed by atoms with E-state index in [2.05, 4.69) is 4.98 Å². The Labute approximate surface area is 224 Å². The molecule has 2 heterocycles. The number of hydrogen-bond acceptors (Lipinski definition) is 3. The van der Waals surface area contributed by atoms with Crippen molar-refractivity contribution < 1.29 is 23.1 Å². The molecule has 0 atom stereocenters. The first-order chi connectivity index (χ1) is 17.2. The van der Waals surface area contributed by atoms with Gasteiger partial charge in [-0.3, -0.25) is 4.79 Å². The van der Waals surface area contributed by atoms with Gasteiger partial charge < -0.3 is 14.6 Å². The molecule has 3 aromatic rings. The minimum Gasteiger partial charge on any atom is -0.396 e. The van der Waals surface area contributed by atoms with Crippen LogP contribution in [0.25, 0.3) is 11.0 Å². The van der Waals surface area contributed by atoms with Crippen LogP contribution in [0.5, 0.6) is 0 Å². The SMILES string of the molecule is Cc1cc(C(F)(F)F)cc2c1nc(Cc1c(Cl)ccc(C(=O)N3CCC(C(C)(C)CO)CC3)c1Cl)n2C. The van der Waals surface area contributed by atoms with E-state index in [0.717, 1.165) is 25.0 Å². The average Bonchev–Trinajstić information content (AvgIpc) is 3.16. The fourth-order valence-corrected chi connectivity index (χ4v) is 5.66. The topological polar surface area (TPSA) is 58.4 Å². The maximum atomic E-state index is 13.4. The summed E-state index contributed by atoms with van der Waals surface area (Å²) in [6.07, 6.45) is -2.74. The summed E-state index contributed by atoms with van der Waals surface area (Å²) in [6.45, 7) is 6.88. The normalized spacial score (nSPS) is 15.6. The molecule has 1 saturated heterocycles. The molecular formula is C27H30Cl2F3N3O2. The zero-order chi connectivity index (χ0) is 27.3. The van der Waals surface area contributed by atoms with Crippen LogP contribution in [0.1, 0.15) is 59.6 Å². The van der Waals surface area contributed by atoms with E-state index in [9.17, 15) is 23.1 Å². The molecule has 5 nitrogen and oxygen atoms in total. The molecule has 0 radical (unpaired) electrons. The number of likely N-dealkylation sites (tertiary alicyclic amines) is 1. The Balaban J connectivity index is 1.62. The largest absolute Gasteiger partial charge is 0.416 e. The summed E-state index contributed by atoms with van der Waals surface area (Å²) >= 11 is 13.2. The maximum Gasteiger partial charge on any atom is 0.416 e. The number of hydrogen-bond donors (Lipinski definition) is 1. The summed E-state index contributed by atoms with van der Waals surface area (Å²) in [7, 11) is 1.65. The number of carbonyl (C=O) groups is 1. The highest BCUT2D eigenvalue weighted by molar-refractivity contribution is 6.38. The van der Waals surface area contributed by atoms with E-state index in [0.29, 0.717) is 57.6 Å².